The van der Waals surface area contributed by atoms with Crippen molar-refractivity contribution in [3.8, 4) is 0 Å². The van der Waals surface area contributed by atoms with E-state index in [2.05, 4.69) is 10.6 Å². The van der Waals surface area contributed by atoms with Crippen molar-refractivity contribution in [3.05, 3.63) is 0 Å². The van der Waals surface area contributed by atoms with Crippen LogP contribution >= 0.6 is 0 Å². The lowest BCUT2D eigenvalue weighted by molar-refractivity contribution is -0.146. The lowest BCUT2D eigenvalue weighted by Crippen LogP contribution is -2.58. The van der Waals surface area contributed by atoms with Gasteiger partial charge < -0.3 is 25.4 Å². The number of aliphatic hydroxyl groups is 1. The molecule has 3 heterocycles. The maximum atomic E-state index is 13.6. The summed E-state index contributed by atoms with van der Waals surface area (Å²) >= 11 is 0. The summed E-state index contributed by atoms with van der Waals surface area (Å²) < 4.78 is 6.51. The van der Waals surface area contributed by atoms with Crippen molar-refractivity contribution in [3.63, 3.8) is 0 Å². The Bertz CT molecular complexity index is 705. The van der Waals surface area contributed by atoms with E-state index < -0.39 is 34.6 Å². The van der Waals surface area contributed by atoms with E-state index in [-0.39, 0.29) is 24.3 Å². The lowest BCUT2D eigenvalue weighted by Gasteiger charge is -2.35. The quantitative estimate of drug-likeness (QED) is 0.504. The van der Waals surface area contributed by atoms with Crippen molar-refractivity contribution in [1.29, 1.82) is 0 Å². The van der Waals surface area contributed by atoms with Crippen LogP contribution in [0.2, 0.25) is 0 Å². The Labute approximate surface area is 179 Å². The van der Waals surface area contributed by atoms with Crippen molar-refractivity contribution in [2.24, 2.45) is 11.8 Å². The Morgan fingerprint density at radius 3 is 2.53 bits per heavy atom. The first-order valence-electron chi connectivity index (χ1n) is 11.2. The van der Waals surface area contributed by atoms with E-state index in [9.17, 15) is 14.4 Å². The molecule has 170 valence electrons. The van der Waals surface area contributed by atoms with Crippen LogP contribution in [0, 0.1) is 11.8 Å². The molecule has 5 atom stereocenters. The van der Waals surface area contributed by atoms with Crippen LogP contribution in [0.5, 0.6) is 0 Å². The first kappa shape index (κ1) is 23.0. The zero-order valence-electron chi connectivity index (χ0n) is 18.9. The minimum Gasteiger partial charge on any atom is -0.396 e. The number of carbonyl (C=O) groups excluding carboxylic acids is 3. The highest BCUT2D eigenvalue weighted by atomic mass is 16.5. The maximum Gasteiger partial charge on any atom is 0.246 e. The molecular formula is C22H37N3O5. The second-order valence-electron chi connectivity index (χ2n) is 10.2. The highest BCUT2D eigenvalue weighted by Gasteiger charge is 2.77. The molecular weight excluding hydrogens is 386 g/mol. The predicted molar refractivity (Wildman–Crippen MR) is 111 cm³/mol. The number of nitrogens with one attached hydrogen (secondary N) is 2. The number of carbonyl (C=O) groups is 3. The number of rotatable bonds is 8. The molecule has 0 radical (unpaired) electrons. The van der Waals surface area contributed by atoms with Gasteiger partial charge in [0.15, 0.2) is 0 Å². The molecule has 8 nitrogen and oxygen atoms in total. The maximum absolute atomic E-state index is 13.6. The van der Waals surface area contributed by atoms with Crippen molar-refractivity contribution in [1.82, 2.24) is 15.5 Å². The third-order valence-electron chi connectivity index (χ3n) is 6.66. The number of hydrogen-bond acceptors (Lipinski definition) is 5. The number of nitrogens with zero attached hydrogens (tertiary/aromatic N) is 1. The zero-order valence-corrected chi connectivity index (χ0v) is 18.9. The standard InChI is InChI=1S/C22H37N3O5/c1-6-11-23-17(27)14-15-19(29)25(12-7-8-13-26)16(18(28)24-20(2,3)4)22(15)10-9-21(14,5)30-22/h14-16,26H,6-13H2,1-5H3,(H,23,27)(H,24,28)/t14-,15-,16?,21+,22?/m0/s1. The van der Waals surface area contributed by atoms with Gasteiger partial charge in [0.05, 0.1) is 17.4 Å². The minimum atomic E-state index is -0.978. The molecule has 0 saturated carbocycles. The van der Waals surface area contributed by atoms with Gasteiger partial charge in [-0.2, -0.15) is 0 Å². The van der Waals surface area contributed by atoms with Gasteiger partial charge in [-0.25, -0.2) is 0 Å². The third kappa shape index (κ3) is 3.73. The fourth-order valence-electron chi connectivity index (χ4n) is 5.56. The molecule has 3 saturated heterocycles. The number of fused-ring (bicyclic) bond motifs is 1. The summed E-state index contributed by atoms with van der Waals surface area (Å²) in [7, 11) is 0. The van der Waals surface area contributed by atoms with Crippen molar-refractivity contribution < 1.29 is 24.2 Å². The van der Waals surface area contributed by atoms with Gasteiger partial charge in [0.2, 0.25) is 17.7 Å². The Kier molecular flexibility index (Phi) is 6.22. The molecule has 3 fully saturated rings. The fraction of sp³-hybridized carbons (Fsp3) is 0.864. The molecule has 3 rings (SSSR count). The fourth-order valence-corrected chi connectivity index (χ4v) is 5.56. The van der Waals surface area contributed by atoms with E-state index >= 15 is 0 Å². The molecule has 0 aromatic heterocycles. The van der Waals surface area contributed by atoms with E-state index in [0.29, 0.717) is 38.8 Å². The zero-order chi connectivity index (χ0) is 22.3. The molecule has 3 aliphatic rings. The van der Waals surface area contributed by atoms with Crippen molar-refractivity contribution >= 4 is 17.7 Å². The van der Waals surface area contributed by atoms with Crippen LogP contribution in [0.25, 0.3) is 0 Å². The first-order chi connectivity index (χ1) is 14.0. The van der Waals surface area contributed by atoms with Crippen molar-refractivity contribution in [2.75, 3.05) is 19.7 Å². The number of unbranched alkanes of at least 4 members (excludes halogenated alkanes) is 1. The third-order valence-corrected chi connectivity index (χ3v) is 6.66. The van der Waals surface area contributed by atoms with Crippen molar-refractivity contribution in [2.45, 2.75) is 89.5 Å². The Morgan fingerprint density at radius 1 is 1.23 bits per heavy atom. The summed E-state index contributed by atoms with van der Waals surface area (Å²) in [6.07, 6.45) is 3.17. The number of amides is 3. The van der Waals surface area contributed by atoms with E-state index in [4.69, 9.17) is 9.84 Å². The van der Waals surface area contributed by atoms with Crippen LogP contribution in [-0.4, -0.2) is 70.2 Å². The van der Waals surface area contributed by atoms with E-state index in [1.807, 2.05) is 34.6 Å². The van der Waals surface area contributed by atoms with E-state index in [0.717, 1.165) is 6.42 Å². The monoisotopic (exact) mass is 423 g/mol. The van der Waals surface area contributed by atoms with Gasteiger partial charge in [-0.05, 0) is 59.8 Å². The molecule has 30 heavy (non-hydrogen) atoms. The van der Waals surface area contributed by atoms with Gasteiger partial charge >= 0.3 is 0 Å². The van der Waals surface area contributed by atoms with Crippen LogP contribution in [0.15, 0.2) is 0 Å². The smallest absolute Gasteiger partial charge is 0.246 e. The predicted octanol–water partition coefficient (Wildman–Crippen LogP) is 0.965. The topological polar surface area (TPSA) is 108 Å². The SMILES string of the molecule is CCCNC(=O)[C@@H]1[C@H]2C(=O)N(CCCCO)C(C(=O)NC(C)(C)C)C23CC[C@@]1(C)O3. The molecule has 0 aliphatic carbocycles. The number of hydrogen-bond donors (Lipinski definition) is 3. The summed E-state index contributed by atoms with van der Waals surface area (Å²) in [5.41, 5.74) is -2.17. The highest BCUT2D eigenvalue weighted by Crippen LogP contribution is 2.63. The summed E-state index contributed by atoms with van der Waals surface area (Å²) in [5.74, 6) is -1.83. The van der Waals surface area contributed by atoms with E-state index in [1.165, 1.54) is 0 Å². The first-order valence-corrected chi connectivity index (χ1v) is 11.2. The van der Waals surface area contributed by atoms with Gasteiger partial charge in [0.1, 0.15) is 11.6 Å². The van der Waals surface area contributed by atoms with Crippen LogP contribution in [0.4, 0.5) is 0 Å². The molecule has 2 unspecified atom stereocenters. The minimum absolute atomic E-state index is 0.0338. The normalized spacial score (nSPS) is 34.9. The second-order valence-corrected chi connectivity index (χ2v) is 10.2. The second kappa shape index (κ2) is 8.11. The summed E-state index contributed by atoms with van der Waals surface area (Å²) in [4.78, 5) is 41.7. The van der Waals surface area contributed by atoms with Gasteiger partial charge in [-0.1, -0.05) is 6.92 Å². The molecule has 0 aromatic rings. The Morgan fingerprint density at radius 2 is 1.93 bits per heavy atom. The molecule has 0 aromatic carbocycles. The number of aliphatic hydroxyl groups excluding tert-OH is 1. The summed E-state index contributed by atoms with van der Waals surface area (Å²) in [5, 5.41) is 15.1. The largest absolute Gasteiger partial charge is 0.396 e. The highest BCUT2D eigenvalue weighted by molar-refractivity contribution is 5.99. The summed E-state index contributed by atoms with van der Waals surface area (Å²) in [6, 6.07) is -0.765. The van der Waals surface area contributed by atoms with Crippen LogP contribution in [-0.2, 0) is 19.1 Å². The molecule has 3 amide bonds. The van der Waals surface area contributed by atoms with Crippen LogP contribution < -0.4 is 10.6 Å². The molecule has 3 N–H and O–H groups in total. The average molecular weight is 424 g/mol. The molecule has 8 heteroatoms. The Balaban J connectivity index is 1.98. The number of ether oxygens (including phenoxy) is 1. The van der Waals surface area contributed by atoms with Gasteiger partial charge in [0, 0.05) is 25.2 Å². The Hall–Kier alpha value is -1.67. The lowest BCUT2D eigenvalue weighted by atomic mass is 9.66. The van der Waals surface area contributed by atoms with Crippen LogP contribution in [0.3, 0.4) is 0 Å². The number of likely N-dealkylation sites (tertiary alicyclic amines) is 1. The van der Waals surface area contributed by atoms with E-state index in [1.54, 1.807) is 4.90 Å². The average Bonchev–Trinajstić information content (AvgIpc) is 3.20. The molecule has 2 bridgehead atoms. The van der Waals surface area contributed by atoms with Gasteiger partial charge in [0.25, 0.3) is 0 Å². The molecule has 3 aliphatic heterocycles. The van der Waals surface area contributed by atoms with Crippen LogP contribution in [0.1, 0.15) is 66.7 Å². The van der Waals surface area contributed by atoms with Gasteiger partial charge in [-0.3, -0.25) is 14.4 Å². The molecule has 1 spiro atoms. The van der Waals surface area contributed by atoms with Gasteiger partial charge in [-0.15, -0.1) is 0 Å². The summed E-state index contributed by atoms with van der Waals surface area (Å²) in [6.45, 7) is 10.5.